The topological polar surface area (TPSA) is 60.2 Å². The van der Waals surface area contributed by atoms with E-state index < -0.39 is 0 Å². The van der Waals surface area contributed by atoms with Gasteiger partial charge >= 0.3 is 0 Å². The molecule has 0 saturated heterocycles. The minimum Gasteiger partial charge on any atom is -0.490 e. The number of hydrogen-bond acceptors (Lipinski definition) is 4. The molecule has 1 aliphatic heterocycles. The molecular formula is C24H25ClN4O2. The van der Waals surface area contributed by atoms with Gasteiger partial charge in [-0.1, -0.05) is 29.8 Å². The second-order valence-electron chi connectivity index (χ2n) is 8.36. The van der Waals surface area contributed by atoms with Crippen LogP contribution in [0.2, 0.25) is 5.02 Å². The quantitative estimate of drug-likeness (QED) is 0.586. The first-order valence-electron chi connectivity index (χ1n) is 10.8. The van der Waals surface area contributed by atoms with Crippen molar-refractivity contribution in [1.29, 1.82) is 0 Å². The van der Waals surface area contributed by atoms with Crippen LogP contribution in [0.25, 0.3) is 5.69 Å². The fraction of sp³-hybridized carbons (Fsp3) is 0.375. The summed E-state index contributed by atoms with van der Waals surface area (Å²) in [5.74, 6) is 3.03. The van der Waals surface area contributed by atoms with Crippen LogP contribution in [0.3, 0.4) is 0 Å². The fourth-order valence-corrected chi connectivity index (χ4v) is 4.84. The van der Waals surface area contributed by atoms with Gasteiger partial charge in [0.25, 0.3) is 0 Å². The Labute approximate surface area is 186 Å². The fourth-order valence-electron chi connectivity index (χ4n) is 4.64. The first kappa shape index (κ1) is 20.1. The molecule has 5 rings (SSSR count). The summed E-state index contributed by atoms with van der Waals surface area (Å²) < 4.78 is 8.31. The number of ether oxygens (including phenoxy) is 1. The van der Waals surface area contributed by atoms with Gasteiger partial charge in [0.1, 0.15) is 11.6 Å². The van der Waals surface area contributed by atoms with Gasteiger partial charge in [-0.25, -0.2) is 0 Å². The van der Waals surface area contributed by atoms with Crippen LogP contribution in [-0.4, -0.2) is 31.7 Å². The van der Waals surface area contributed by atoms with Crippen molar-refractivity contribution in [2.24, 2.45) is 0 Å². The molecule has 0 radical (unpaired) electrons. The highest BCUT2D eigenvalue weighted by Crippen LogP contribution is 2.37. The number of para-hydroxylation sites is 1. The Balaban J connectivity index is 1.41. The molecule has 2 aromatic carbocycles. The number of carbonyl (C=O) groups excluding carboxylic acids is 1. The maximum Gasteiger partial charge on any atom is 0.220 e. The molecule has 160 valence electrons. The summed E-state index contributed by atoms with van der Waals surface area (Å²) in [5, 5.41) is 9.74. The molecule has 3 aromatic rings. The number of amides is 1. The molecule has 1 amide bonds. The Kier molecular flexibility index (Phi) is 5.40. The molecule has 0 spiro atoms. The van der Waals surface area contributed by atoms with Gasteiger partial charge in [-0.2, -0.15) is 0 Å². The number of hydrogen-bond donors (Lipinski definition) is 0. The Morgan fingerprint density at radius 1 is 1.03 bits per heavy atom. The van der Waals surface area contributed by atoms with Crippen molar-refractivity contribution in [2.45, 2.75) is 57.7 Å². The van der Waals surface area contributed by atoms with E-state index in [9.17, 15) is 4.79 Å². The van der Waals surface area contributed by atoms with Crippen LogP contribution in [0.4, 0.5) is 0 Å². The van der Waals surface area contributed by atoms with E-state index in [0.29, 0.717) is 24.0 Å². The minimum atomic E-state index is 0.0162. The lowest BCUT2D eigenvalue weighted by Gasteiger charge is -2.29. The summed E-state index contributed by atoms with van der Waals surface area (Å²) in [5.41, 5.74) is 2.04. The number of fused-ring (bicyclic) bond motifs is 3. The van der Waals surface area contributed by atoms with Gasteiger partial charge < -0.3 is 9.64 Å². The first-order chi connectivity index (χ1) is 15.1. The summed E-state index contributed by atoms with van der Waals surface area (Å²) in [6.45, 7) is 2.55. The standard InChI is InChI=1S/C24H25ClN4O2/c1-16(30)28-14-18-13-19(25)9-12-22(18)29-23(15-28)26-27-24(29)17-7-10-21(11-8-17)31-20-5-3-2-4-6-20/h2-6,9,12-13,17,21H,7-8,10-11,14-15H2,1H3/t17-,21-. The number of carbonyl (C=O) groups is 1. The highest BCUT2D eigenvalue weighted by molar-refractivity contribution is 6.30. The summed E-state index contributed by atoms with van der Waals surface area (Å²) in [4.78, 5) is 14.0. The van der Waals surface area contributed by atoms with Crippen molar-refractivity contribution in [1.82, 2.24) is 19.7 Å². The van der Waals surface area contributed by atoms with Crippen LogP contribution < -0.4 is 4.74 Å². The lowest BCUT2D eigenvalue weighted by Crippen LogP contribution is -2.27. The Morgan fingerprint density at radius 2 is 1.81 bits per heavy atom. The molecule has 1 saturated carbocycles. The van der Waals surface area contributed by atoms with E-state index in [-0.39, 0.29) is 12.0 Å². The predicted molar refractivity (Wildman–Crippen MR) is 118 cm³/mol. The van der Waals surface area contributed by atoms with Crippen molar-refractivity contribution in [2.75, 3.05) is 0 Å². The van der Waals surface area contributed by atoms with Crippen LogP contribution in [0, 0.1) is 0 Å². The zero-order valence-electron chi connectivity index (χ0n) is 17.5. The molecule has 2 aliphatic rings. The largest absolute Gasteiger partial charge is 0.490 e. The average Bonchev–Trinajstić information content (AvgIpc) is 3.10. The van der Waals surface area contributed by atoms with Crippen LogP contribution in [0.5, 0.6) is 5.75 Å². The van der Waals surface area contributed by atoms with Crippen molar-refractivity contribution >= 4 is 17.5 Å². The van der Waals surface area contributed by atoms with E-state index >= 15 is 0 Å². The molecule has 1 fully saturated rings. The van der Waals surface area contributed by atoms with Crippen molar-refractivity contribution in [3.63, 3.8) is 0 Å². The number of rotatable bonds is 3. The molecule has 0 atom stereocenters. The SMILES string of the molecule is CC(=O)N1Cc2cc(Cl)ccc2-n2c(nnc2[C@H]2CC[C@H](Oc3ccccc3)CC2)C1. The molecule has 0 bridgehead atoms. The summed E-state index contributed by atoms with van der Waals surface area (Å²) in [6, 6.07) is 15.9. The zero-order valence-corrected chi connectivity index (χ0v) is 18.3. The number of nitrogens with zero attached hydrogens (tertiary/aromatic N) is 4. The second kappa shape index (κ2) is 8.35. The summed E-state index contributed by atoms with van der Waals surface area (Å²) in [6.07, 6.45) is 4.18. The van der Waals surface area contributed by atoms with Crippen LogP contribution in [-0.2, 0) is 17.9 Å². The van der Waals surface area contributed by atoms with Gasteiger partial charge in [0.15, 0.2) is 5.82 Å². The lowest BCUT2D eigenvalue weighted by molar-refractivity contribution is -0.130. The highest BCUT2D eigenvalue weighted by atomic mass is 35.5. The normalized spacial score (nSPS) is 20.5. The van der Waals surface area contributed by atoms with E-state index in [1.54, 1.807) is 11.8 Å². The molecule has 6 nitrogen and oxygen atoms in total. The second-order valence-corrected chi connectivity index (χ2v) is 8.80. The summed E-state index contributed by atoms with van der Waals surface area (Å²) in [7, 11) is 0. The van der Waals surface area contributed by atoms with E-state index in [1.807, 2.05) is 48.5 Å². The van der Waals surface area contributed by atoms with E-state index in [4.69, 9.17) is 16.3 Å². The van der Waals surface area contributed by atoms with Crippen molar-refractivity contribution in [3.8, 4) is 11.4 Å². The minimum absolute atomic E-state index is 0.0162. The molecule has 1 aromatic heterocycles. The molecule has 31 heavy (non-hydrogen) atoms. The lowest BCUT2D eigenvalue weighted by atomic mass is 9.86. The monoisotopic (exact) mass is 436 g/mol. The van der Waals surface area contributed by atoms with Crippen LogP contribution in [0.15, 0.2) is 48.5 Å². The molecule has 7 heteroatoms. The van der Waals surface area contributed by atoms with Gasteiger partial charge in [-0.3, -0.25) is 9.36 Å². The third kappa shape index (κ3) is 4.04. The maximum absolute atomic E-state index is 12.2. The molecule has 0 unspecified atom stereocenters. The predicted octanol–water partition coefficient (Wildman–Crippen LogP) is 4.89. The van der Waals surface area contributed by atoms with Gasteiger partial charge in [-0.05, 0) is 61.6 Å². The average molecular weight is 437 g/mol. The van der Waals surface area contributed by atoms with Gasteiger partial charge in [0, 0.05) is 24.4 Å². The van der Waals surface area contributed by atoms with Crippen LogP contribution in [0.1, 0.15) is 55.7 Å². The maximum atomic E-state index is 12.2. The van der Waals surface area contributed by atoms with E-state index in [0.717, 1.165) is 54.3 Å². The van der Waals surface area contributed by atoms with E-state index in [1.165, 1.54) is 0 Å². The van der Waals surface area contributed by atoms with E-state index in [2.05, 4.69) is 14.8 Å². The molecule has 0 N–H and O–H groups in total. The molecule has 1 aliphatic carbocycles. The Bertz CT molecular complexity index is 1090. The molecule has 2 heterocycles. The number of halogens is 1. The van der Waals surface area contributed by atoms with Crippen molar-refractivity contribution in [3.05, 3.63) is 70.8 Å². The van der Waals surface area contributed by atoms with Gasteiger partial charge in [-0.15, -0.1) is 10.2 Å². The van der Waals surface area contributed by atoms with Crippen LogP contribution >= 0.6 is 11.6 Å². The highest BCUT2D eigenvalue weighted by Gasteiger charge is 2.31. The smallest absolute Gasteiger partial charge is 0.220 e. The number of benzene rings is 2. The number of aromatic nitrogens is 3. The Morgan fingerprint density at radius 3 is 2.55 bits per heavy atom. The first-order valence-corrected chi connectivity index (χ1v) is 11.2. The third-order valence-corrected chi connectivity index (χ3v) is 6.50. The van der Waals surface area contributed by atoms with Gasteiger partial charge in [0.2, 0.25) is 5.91 Å². The zero-order chi connectivity index (χ0) is 21.4. The van der Waals surface area contributed by atoms with Crippen molar-refractivity contribution < 1.29 is 9.53 Å². The third-order valence-electron chi connectivity index (χ3n) is 6.26. The molecular weight excluding hydrogens is 412 g/mol. The summed E-state index contributed by atoms with van der Waals surface area (Å²) >= 11 is 6.27. The van der Waals surface area contributed by atoms with Gasteiger partial charge in [0.05, 0.1) is 18.3 Å². The Hall–Kier alpha value is -2.86.